The van der Waals surface area contributed by atoms with Crippen molar-refractivity contribution in [2.45, 2.75) is 66.6 Å². The van der Waals surface area contributed by atoms with Gasteiger partial charge in [-0.15, -0.1) is 0 Å². The van der Waals surface area contributed by atoms with E-state index in [0.29, 0.717) is 36.4 Å². The topological polar surface area (TPSA) is 89.3 Å². The number of pyridine rings is 2. The van der Waals surface area contributed by atoms with Crippen LogP contribution in [0.15, 0.2) is 97.8 Å². The van der Waals surface area contributed by atoms with E-state index in [1.165, 1.54) is 65.9 Å². The summed E-state index contributed by atoms with van der Waals surface area (Å²) >= 11 is 0. The van der Waals surface area contributed by atoms with Crippen LogP contribution in [0, 0.1) is 11.6 Å². The summed E-state index contributed by atoms with van der Waals surface area (Å²) in [5.41, 5.74) is -2.83. The molecular weight excluding hydrogens is 686 g/mol. The summed E-state index contributed by atoms with van der Waals surface area (Å²) in [5, 5.41) is 15.8. The Hall–Kier alpha value is -4.76. The second kappa shape index (κ2) is 12.2. The largest absolute Gasteiger partial charge is 0.417 e. The number of epoxide rings is 1. The molecular formula is C36H29F8N5O2. The van der Waals surface area contributed by atoms with E-state index in [9.17, 15) is 40.2 Å². The van der Waals surface area contributed by atoms with Crippen LogP contribution < -0.4 is 0 Å². The number of aromatic nitrogens is 5. The number of hydrogen-bond donors (Lipinski definition) is 1. The van der Waals surface area contributed by atoms with E-state index in [1.54, 1.807) is 12.1 Å². The summed E-state index contributed by atoms with van der Waals surface area (Å²) in [6.07, 6.45) is -1.85. The third-order valence-electron chi connectivity index (χ3n) is 10.1. The average molecular weight is 716 g/mol. The molecule has 5 aromatic rings. The Balaban J connectivity index is 0.000000162. The van der Waals surface area contributed by atoms with Gasteiger partial charge in [-0.25, -0.2) is 18.4 Å². The van der Waals surface area contributed by atoms with Crippen molar-refractivity contribution in [3.63, 3.8) is 0 Å². The number of hydrogen-bond acceptors (Lipinski definition) is 6. The summed E-state index contributed by atoms with van der Waals surface area (Å²) in [5.74, 6) is -0.786. The first-order valence-corrected chi connectivity index (χ1v) is 15.9. The predicted octanol–water partition coefficient (Wildman–Crippen LogP) is 7.65. The van der Waals surface area contributed by atoms with Crippen molar-refractivity contribution in [1.82, 2.24) is 24.7 Å². The fourth-order valence-electron chi connectivity index (χ4n) is 6.99. The molecule has 8 rings (SSSR count). The van der Waals surface area contributed by atoms with Crippen molar-refractivity contribution in [2.24, 2.45) is 0 Å². The molecule has 2 saturated carbocycles. The molecule has 3 fully saturated rings. The van der Waals surface area contributed by atoms with Crippen LogP contribution in [0.25, 0.3) is 0 Å². The smallest absolute Gasteiger partial charge is 0.382 e. The van der Waals surface area contributed by atoms with Gasteiger partial charge in [-0.3, -0.25) is 9.97 Å². The van der Waals surface area contributed by atoms with Gasteiger partial charge in [0.25, 0.3) is 0 Å². The van der Waals surface area contributed by atoms with Gasteiger partial charge in [0.1, 0.15) is 35.5 Å². The lowest BCUT2D eigenvalue weighted by Crippen LogP contribution is -2.44. The zero-order chi connectivity index (χ0) is 36.3. The van der Waals surface area contributed by atoms with Crippen LogP contribution in [-0.4, -0.2) is 36.4 Å². The molecule has 266 valence electrons. The maximum Gasteiger partial charge on any atom is 0.417 e. The summed E-state index contributed by atoms with van der Waals surface area (Å²) in [7, 11) is 0. The lowest BCUT2D eigenvalue weighted by atomic mass is 9.76. The van der Waals surface area contributed by atoms with Crippen LogP contribution in [0.3, 0.4) is 0 Å². The second-order valence-electron chi connectivity index (χ2n) is 13.1. The Kier molecular flexibility index (Phi) is 8.29. The van der Waals surface area contributed by atoms with Crippen LogP contribution in [0.1, 0.15) is 59.3 Å². The molecule has 3 aliphatic rings. The van der Waals surface area contributed by atoms with E-state index < -0.39 is 51.3 Å². The van der Waals surface area contributed by atoms with E-state index in [1.807, 2.05) is 0 Å². The van der Waals surface area contributed by atoms with Gasteiger partial charge in [-0.2, -0.15) is 31.4 Å². The minimum Gasteiger partial charge on any atom is -0.382 e. The van der Waals surface area contributed by atoms with Gasteiger partial charge in [-0.1, -0.05) is 24.3 Å². The van der Waals surface area contributed by atoms with Crippen LogP contribution in [-0.2, 0) is 45.7 Å². The molecule has 1 aliphatic heterocycles. The molecule has 0 spiro atoms. The van der Waals surface area contributed by atoms with E-state index in [4.69, 9.17) is 4.74 Å². The summed E-state index contributed by atoms with van der Waals surface area (Å²) in [4.78, 5) is 11.9. The average Bonchev–Trinajstić information content (AvgIpc) is 4.01. The quantitative estimate of drug-likeness (QED) is 0.131. The number of halogens is 8. The molecule has 0 bridgehead atoms. The first-order valence-electron chi connectivity index (χ1n) is 15.9. The van der Waals surface area contributed by atoms with Gasteiger partial charge in [0.05, 0.1) is 24.3 Å². The summed E-state index contributed by atoms with van der Waals surface area (Å²) in [6.45, 7) is 0.475. The molecule has 4 heterocycles. The monoisotopic (exact) mass is 715 g/mol. The Labute approximate surface area is 286 Å². The zero-order valence-corrected chi connectivity index (χ0v) is 26.6. The van der Waals surface area contributed by atoms with Gasteiger partial charge in [0, 0.05) is 34.6 Å². The lowest BCUT2D eigenvalue weighted by Gasteiger charge is -2.37. The Morgan fingerprint density at radius 1 is 0.686 bits per heavy atom. The molecule has 2 aromatic carbocycles. The molecule has 2 unspecified atom stereocenters. The highest BCUT2D eigenvalue weighted by Crippen LogP contribution is 2.66. The van der Waals surface area contributed by atoms with Crippen molar-refractivity contribution in [3.05, 3.63) is 143 Å². The first kappa shape index (κ1) is 34.7. The molecule has 3 aromatic heterocycles. The summed E-state index contributed by atoms with van der Waals surface area (Å²) < 4.78 is 110. The van der Waals surface area contributed by atoms with Crippen LogP contribution in [0.5, 0.6) is 0 Å². The van der Waals surface area contributed by atoms with Crippen LogP contribution in [0.2, 0.25) is 0 Å². The van der Waals surface area contributed by atoms with E-state index in [-0.39, 0.29) is 12.4 Å². The third kappa shape index (κ3) is 6.26. The van der Waals surface area contributed by atoms with Crippen molar-refractivity contribution in [2.75, 3.05) is 6.61 Å². The molecule has 7 nitrogen and oxygen atoms in total. The number of benzene rings is 2. The molecule has 0 amide bonds. The SMILES string of the molecule is Fc1ccc(C2(C3(c4ccc(C(F)(F)F)cn4)CC3)CO2)cc1.OC(Cn1cncn1)(c1ccc(F)cc1)C1(c2ccc(C(F)(F)F)cn2)CC1. The second-order valence-corrected chi connectivity index (χ2v) is 13.1. The maximum atomic E-state index is 13.4. The van der Waals surface area contributed by atoms with Crippen molar-refractivity contribution >= 4 is 0 Å². The normalized spacial score (nSPS) is 21.2. The van der Waals surface area contributed by atoms with Crippen molar-refractivity contribution < 1.29 is 45.0 Å². The van der Waals surface area contributed by atoms with Crippen molar-refractivity contribution in [1.29, 1.82) is 0 Å². The Morgan fingerprint density at radius 2 is 1.20 bits per heavy atom. The minimum atomic E-state index is -4.49. The minimum absolute atomic E-state index is 0.00132. The molecule has 2 aliphatic carbocycles. The molecule has 2 atom stereocenters. The number of aliphatic hydroxyl groups is 1. The van der Waals surface area contributed by atoms with Gasteiger partial charge in [0.15, 0.2) is 0 Å². The van der Waals surface area contributed by atoms with Crippen molar-refractivity contribution in [3.8, 4) is 0 Å². The van der Waals surface area contributed by atoms with Crippen LogP contribution >= 0.6 is 0 Å². The Morgan fingerprint density at radius 3 is 1.61 bits per heavy atom. The standard InChI is InChI=1S/C19H16F4N4O.C17H13F4NO/c20-15-4-1-13(2-5-15)18(28,10-27-12-24-11-26-27)17(7-8-17)16-6-3-14(9-25-16)19(21,22)23;18-13-4-1-11(2-5-13)16(10-23-16)15(7-8-15)14-6-3-12(9-22-14)17(19,20)21/h1-6,9,11-12,28H,7-8,10H2;1-6,9H,7-8,10H2. The van der Waals surface area contributed by atoms with E-state index >= 15 is 0 Å². The van der Waals surface area contributed by atoms with Gasteiger partial charge >= 0.3 is 12.4 Å². The van der Waals surface area contributed by atoms with Gasteiger partial charge in [-0.05, 0) is 85.3 Å². The molecule has 0 radical (unpaired) electrons. The van der Waals surface area contributed by atoms with Crippen LogP contribution in [0.4, 0.5) is 35.1 Å². The highest BCUT2D eigenvalue weighted by Gasteiger charge is 2.70. The highest BCUT2D eigenvalue weighted by molar-refractivity contribution is 5.43. The van der Waals surface area contributed by atoms with Gasteiger partial charge < -0.3 is 9.84 Å². The lowest BCUT2D eigenvalue weighted by molar-refractivity contribution is -0.138. The number of rotatable bonds is 8. The highest BCUT2D eigenvalue weighted by atomic mass is 19.4. The fourth-order valence-corrected chi connectivity index (χ4v) is 6.99. The first-order chi connectivity index (χ1) is 24.1. The molecule has 15 heteroatoms. The maximum absolute atomic E-state index is 13.4. The van der Waals surface area contributed by atoms with Gasteiger partial charge in [0.2, 0.25) is 0 Å². The Bertz CT molecular complexity index is 1970. The molecule has 1 N–H and O–H groups in total. The fraction of sp³-hybridized carbons (Fsp3) is 0.333. The number of alkyl halides is 6. The van der Waals surface area contributed by atoms with E-state index in [2.05, 4.69) is 20.1 Å². The molecule has 51 heavy (non-hydrogen) atoms. The third-order valence-corrected chi connectivity index (χ3v) is 10.1. The van der Waals surface area contributed by atoms with E-state index in [0.717, 1.165) is 42.9 Å². The number of nitrogens with zero attached hydrogens (tertiary/aromatic N) is 5. The number of ether oxygens (including phenoxy) is 1. The summed E-state index contributed by atoms with van der Waals surface area (Å²) in [6, 6.07) is 16.2. The zero-order valence-electron chi connectivity index (χ0n) is 26.6. The molecule has 1 saturated heterocycles. The predicted molar refractivity (Wildman–Crippen MR) is 165 cm³/mol.